The zero-order chi connectivity index (χ0) is 13.8. The van der Waals surface area contributed by atoms with Gasteiger partial charge in [0, 0.05) is 6.54 Å². The average molecular weight is 269 g/mol. The minimum absolute atomic E-state index is 0.138. The molecule has 6 heteroatoms. The van der Waals surface area contributed by atoms with Crippen LogP contribution in [-0.2, 0) is 11.0 Å². The van der Waals surface area contributed by atoms with Gasteiger partial charge in [0.25, 0.3) is 11.7 Å². The predicted octanol–water partition coefficient (Wildman–Crippen LogP) is 2.64. The van der Waals surface area contributed by atoms with Gasteiger partial charge in [-0.1, -0.05) is 0 Å². The normalized spacial score (nSPS) is 19.0. The van der Waals surface area contributed by atoms with E-state index >= 15 is 0 Å². The van der Waals surface area contributed by atoms with Crippen LogP contribution in [0.15, 0.2) is 18.2 Å². The second-order valence-electron chi connectivity index (χ2n) is 4.92. The Morgan fingerprint density at radius 1 is 1.21 bits per heavy atom. The van der Waals surface area contributed by atoms with Crippen LogP contribution in [0.4, 0.5) is 18.9 Å². The number of halogens is 3. The summed E-state index contributed by atoms with van der Waals surface area (Å²) in [5, 5.41) is 0. The number of benzene rings is 1. The number of amides is 1. The number of ketones is 1. The van der Waals surface area contributed by atoms with Gasteiger partial charge in [0.05, 0.1) is 16.8 Å². The molecule has 1 aliphatic heterocycles. The fourth-order valence-electron chi connectivity index (χ4n) is 2.22. The number of hydrogen-bond donors (Lipinski definition) is 0. The lowest BCUT2D eigenvalue weighted by atomic mass is 10.1. The van der Waals surface area contributed by atoms with Crippen LogP contribution < -0.4 is 4.90 Å². The monoisotopic (exact) mass is 269 g/mol. The summed E-state index contributed by atoms with van der Waals surface area (Å²) >= 11 is 0. The molecule has 0 N–H and O–H groups in total. The summed E-state index contributed by atoms with van der Waals surface area (Å²) in [5.74, 6) is -1.20. The molecule has 0 unspecified atom stereocenters. The van der Waals surface area contributed by atoms with E-state index in [1.165, 1.54) is 11.0 Å². The van der Waals surface area contributed by atoms with Crippen LogP contribution in [0.1, 0.15) is 28.8 Å². The van der Waals surface area contributed by atoms with E-state index in [-0.39, 0.29) is 5.56 Å². The maximum Gasteiger partial charge on any atom is 0.416 e. The molecule has 0 atom stereocenters. The van der Waals surface area contributed by atoms with Gasteiger partial charge in [-0.15, -0.1) is 0 Å². The van der Waals surface area contributed by atoms with Crippen molar-refractivity contribution in [2.45, 2.75) is 19.0 Å². The summed E-state index contributed by atoms with van der Waals surface area (Å²) < 4.78 is 37.8. The Kier molecular flexibility index (Phi) is 2.45. The summed E-state index contributed by atoms with van der Waals surface area (Å²) in [6.45, 7) is 0.420. The van der Waals surface area contributed by atoms with Crippen molar-refractivity contribution < 1.29 is 22.8 Å². The molecule has 1 saturated carbocycles. The molecule has 1 aliphatic carbocycles. The highest BCUT2D eigenvalue weighted by Gasteiger charge is 2.41. The number of anilines is 1. The Labute approximate surface area is 107 Å². The van der Waals surface area contributed by atoms with Crippen molar-refractivity contribution in [3.8, 4) is 0 Å². The molecule has 0 aromatic heterocycles. The third-order valence-electron chi connectivity index (χ3n) is 3.44. The molecular weight excluding hydrogens is 259 g/mol. The van der Waals surface area contributed by atoms with E-state index in [2.05, 4.69) is 0 Å². The van der Waals surface area contributed by atoms with Gasteiger partial charge in [-0.05, 0) is 37.0 Å². The Bertz CT molecular complexity index is 576. The van der Waals surface area contributed by atoms with Gasteiger partial charge in [-0.2, -0.15) is 13.2 Å². The Balaban J connectivity index is 2.01. The van der Waals surface area contributed by atoms with Crippen LogP contribution in [0.5, 0.6) is 0 Å². The van der Waals surface area contributed by atoms with Crippen molar-refractivity contribution in [2.24, 2.45) is 5.92 Å². The molecular formula is C13H10F3NO2. The molecule has 1 aromatic carbocycles. The SMILES string of the molecule is O=C1C(=O)N(CC2CC2)c2ccc(C(F)(F)F)cc21. The van der Waals surface area contributed by atoms with Gasteiger partial charge in [-0.25, -0.2) is 0 Å². The minimum atomic E-state index is -4.51. The lowest BCUT2D eigenvalue weighted by Gasteiger charge is -2.16. The quantitative estimate of drug-likeness (QED) is 0.774. The largest absolute Gasteiger partial charge is 0.416 e. The summed E-state index contributed by atoms with van der Waals surface area (Å²) in [7, 11) is 0. The van der Waals surface area contributed by atoms with Crippen LogP contribution in [0.25, 0.3) is 0 Å². The van der Waals surface area contributed by atoms with Crippen LogP contribution in [-0.4, -0.2) is 18.2 Å². The molecule has 0 bridgehead atoms. The van der Waals surface area contributed by atoms with Gasteiger partial charge >= 0.3 is 6.18 Å². The average Bonchev–Trinajstić information content (AvgIpc) is 3.12. The lowest BCUT2D eigenvalue weighted by molar-refractivity contribution is -0.137. The topological polar surface area (TPSA) is 37.4 Å². The van der Waals surface area contributed by atoms with Gasteiger partial charge < -0.3 is 4.90 Å². The summed E-state index contributed by atoms with van der Waals surface area (Å²) in [6.07, 6.45) is -2.52. The van der Waals surface area contributed by atoms with E-state index in [1.807, 2.05) is 0 Å². The van der Waals surface area contributed by atoms with Crippen LogP contribution in [0.2, 0.25) is 0 Å². The fraction of sp³-hybridized carbons (Fsp3) is 0.385. The molecule has 1 heterocycles. The van der Waals surface area contributed by atoms with Crippen molar-refractivity contribution >= 4 is 17.4 Å². The first-order valence-electron chi connectivity index (χ1n) is 5.95. The highest BCUT2D eigenvalue weighted by atomic mass is 19.4. The molecule has 1 aromatic rings. The highest BCUT2D eigenvalue weighted by Crippen LogP contribution is 2.38. The molecule has 3 rings (SSSR count). The van der Waals surface area contributed by atoms with E-state index in [9.17, 15) is 22.8 Å². The van der Waals surface area contributed by atoms with E-state index in [0.29, 0.717) is 18.2 Å². The van der Waals surface area contributed by atoms with E-state index in [4.69, 9.17) is 0 Å². The molecule has 3 nitrogen and oxygen atoms in total. The fourth-order valence-corrected chi connectivity index (χ4v) is 2.22. The van der Waals surface area contributed by atoms with Gasteiger partial charge in [-0.3, -0.25) is 9.59 Å². The minimum Gasteiger partial charge on any atom is -0.304 e. The van der Waals surface area contributed by atoms with Crippen molar-refractivity contribution in [3.63, 3.8) is 0 Å². The van der Waals surface area contributed by atoms with E-state index in [1.54, 1.807) is 0 Å². The number of carbonyl (C=O) groups excluding carboxylic acids is 2. The summed E-state index contributed by atoms with van der Waals surface area (Å²) in [6, 6.07) is 2.89. The smallest absolute Gasteiger partial charge is 0.304 e. The molecule has 100 valence electrons. The highest BCUT2D eigenvalue weighted by molar-refractivity contribution is 6.52. The first kappa shape index (κ1) is 12.2. The zero-order valence-corrected chi connectivity index (χ0v) is 9.83. The van der Waals surface area contributed by atoms with E-state index in [0.717, 1.165) is 25.0 Å². The Morgan fingerprint density at radius 3 is 2.47 bits per heavy atom. The van der Waals surface area contributed by atoms with Crippen LogP contribution in [0, 0.1) is 5.92 Å². The van der Waals surface area contributed by atoms with Gasteiger partial charge in [0.2, 0.25) is 0 Å². The van der Waals surface area contributed by atoms with Crippen LogP contribution >= 0.6 is 0 Å². The maximum atomic E-state index is 12.6. The number of alkyl halides is 3. The van der Waals surface area contributed by atoms with E-state index < -0.39 is 23.4 Å². The van der Waals surface area contributed by atoms with Crippen molar-refractivity contribution in [2.75, 3.05) is 11.4 Å². The lowest BCUT2D eigenvalue weighted by Crippen LogP contribution is -2.31. The maximum absolute atomic E-state index is 12.6. The van der Waals surface area contributed by atoms with Crippen LogP contribution in [0.3, 0.4) is 0 Å². The molecule has 0 radical (unpaired) electrons. The second-order valence-corrected chi connectivity index (χ2v) is 4.92. The first-order chi connectivity index (χ1) is 8.88. The number of fused-ring (bicyclic) bond motifs is 1. The van der Waals surface area contributed by atoms with Crippen molar-refractivity contribution in [3.05, 3.63) is 29.3 Å². The Morgan fingerprint density at radius 2 is 1.89 bits per heavy atom. The third-order valence-corrected chi connectivity index (χ3v) is 3.44. The predicted molar refractivity (Wildman–Crippen MR) is 60.9 cm³/mol. The Hall–Kier alpha value is -1.85. The number of rotatable bonds is 2. The molecule has 1 amide bonds. The number of Topliss-reactive ketones (excluding diaryl/α,β-unsaturated/α-hetero) is 1. The number of nitrogens with zero attached hydrogens (tertiary/aromatic N) is 1. The zero-order valence-electron chi connectivity index (χ0n) is 9.83. The summed E-state index contributed by atoms with van der Waals surface area (Å²) in [5.41, 5.74) is -0.740. The van der Waals surface area contributed by atoms with Crippen molar-refractivity contribution in [1.82, 2.24) is 0 Å². The first-order valence-corrected chi connectivity index (χ1v) is 5.95. The second kappa shape index (κ2) is 3.82. The van der Waals surface area contributed by atoms with Crippen molar-refractivity contribution in [1.29, 1.82) is 0 Å². The third kappa shape index (κ3) is 2.01. The van der Waals surface area contributed by atoms with Gasteiger partial charge in [0.15, 0.2) is 0 Å². The standard InChI is InChI=1S/C13H10F3NO2/c14-13(15,16)8-3-4-10-9(5-8)11(18)12(19)17(10)6-7-1-2-7/h3-5,7H,1-2,6H2. The number of hydrogen-bond acceptors (Lipinski definition) is 2. The molecule has 0 saturated heterocycles. The molecule has 2 aliphatic rings. The number of carbonyl (C=O) groups is 2. The molecule has 0 spiro atoms. The summed E-state index contributed by atoms with van der Waals surface area (Å²) in [4.78, 5) is 24.8. The molecule has 1 fully saturated rings. The molecule has 19 heavy (non-hydrogen) atoms. The van der Waals surface area contributed by atoms with Gasteiger partial charge in [0.1, 0.15) is 0 Å².